The first-order chi connectivity index (χ1) is 9.83. The summed E-state index contributed by atoms with van der Waals surface area (Å²) in [6, 6.07) is 8.20. The molecule has 2 nitrogen and oxygen atoms in total. The SMILES string of the molecule is C=CCOc1ccc(/C=C(/CN)C2CCCCC2)cc1. The van der Waals surface area contributed by atoms with Gasteiger partial charge in [0.1, 0.15) is 12.4 Å². The second kappa shape index (κ2) is 7.91. The molecule has 1 aliphatic carbocycles. The van der Waals surface area contributed by atoms with Crippen molar-refractivity contribution in [1.29, 1.82) is 0 Å². The zero-order valence-corrected chi connectivity index (χ0v) is 12.2. The van der Waals surface area contributed by atoms with E-state index in [1.807, 2.05) is 12.1 Å². The van der Waals surface area contributed by atoms with Crippen LogP contribution in [0, 0.1) is 5.92 Å². The highest BCUT2D eigenvalue weighted by atomic mass is 16.5. The largest absolute Gasteiger partial charge is 0.490 e. The van der Waals surface area contributed by atoms with Crippen molar-refractivity contribution >= 4 is 6.08 Å². The lowest BCUT2D eigenvalue weighted by Crippen LogP contribution is -2.16. The highest BCUT2D eigenvalue weighted by molar-refractivity contribution is 5.55. The number of benzene rings is 1. The van der Waals surface area contributed by atoms with Gasteiger partial charge in [-0.3, -0.25) is 0 Å². The third-order valence-corrected chi connectivity index (χ3v) is 3.97. The molecule has 0 spiro atoms. The van der Waals surface area contributed by atoms with Crippen molar-refractivity contribution < 1.29 is 4.74 Å². The number of rotatable bonds is 6. The van der Waals surface area contributed by atoms with E-state index in [-0.39, 0.29) is 0 Å². The van der Waals surface area contributed by atoms with Gasteiger partial charge in [-0.1, -0.05) is 55.7 Å². The average molecular weight is 271 g/mol. The van der Waals surface area contributed by atoms with Crippen LogP contribution in [0.1, 0.15) is 37.7 Å². The fraction of sp³-hybridized carbons (Fsp3) is 0.444. The third-order valence-electron chi connectivity index (χ3n) is 3.97. The summed E-state index contributed by atoms with van der Waals surface area (Å²) < 4.78 is 5.49. The van der Waals surface area contributed by atoms with Gasteiger partial charge in [-0.15, -0.1) is 0 Å². The van der Waals surface area contributed by atoms with Crippen LogP contribution in [0.25, 0.3) is 6.08 Å². The molecule has 1 saturated carbocycles. The molecule has 0 radical (unpaired) electrons. The Hall–Kier alpha value is -1.54. The maximum absolute atomic E-state index is 5.94. The Labute approximate surface area is 122 Å². The van der Waals surface area contributed by atoms with E-state index < -0.39 is 0 Å². The molecule has 108 valence electrons. The molecule has 0 aliphatic heterocycles. The van der Waals surface area contributed by atoms with Gasteiger partial charge >= 0.3 is 0 Å². The molecule has 20 heavy (non-hydrogen) atoms. The van der Waals surface area contributed by atoms with Gasteiger partial charge in [0.2, 0.25) is 0 Å². The topological polar surface area (TPSA) is 35.2 Å². The Balaban J connectivity index is 2.04. The molecule has 1 aliphatic rings. The lowest BCUT2D eigenvalue weighted by molar-refractivity contribution is 0.363. The van der Waals surface area contributed by atoms with E-state index in [1.54, 1.807) is 6.08 Å². The van der Waals surface area contributed by atoms with Crippen LogP contribution in [-0.4, -0.2) is 13.2 Å². The first-order valence-corrected chi connectivity index (χ1v) is 7.57. The molecule has 2 rings (SSSR count). The predicted molar refractivity (Wildman–Crippen MR) is 85.7 cm³/mol. The Morgan fingerprint density at radius 2 is 1.90 bits per heavy atom. The summed E-state index contributed by atoms with van der Waals surface area (Å²) in [7, 11) is 0. The molecule has 0 amide bonds. The average Bonchev–Trinajstić information content (AvgIpc) is 2.52. The minimum atomic E-state index is 0.547. The van der Waals surface area contributed by atoms with Gasteiger partial charge in [0.25, 0.3) is 0 Å². The summed E-state index contributed by atoms with van der Waals surface area (Å²) in [6.07, 6.45) is 10.7. The van der Waals surface area contributed by atoms with Gasteiger partial charge in [0, 0.05) is 6.54 Å². The van der Waals surface area contributed by atoms with Crippen molar-refractivity contribution in [1.82, 2.24) is 0 Å². The maximum atomic E-state index is 5.94. The molecule has 1 aromatic carbocycles. The quantitative estimate of drug-likeness (QED) is 0.788. The first kappa shape index (κ1) is 14.9. The van der Waals surface area contributed by atoms with Gasteiger partial charge < -0.3 is 10.5 Å². The van der Waals surface area contributed by atoms with Crippen LogP contribution >= 0.6 is 0 Å². The molecule has 2 N–H and O–H groups in total. The van der Waals surface area contributed by atoms with E-state index in [2.05, 4.69) is 24.8 Å². The number of hydrogen-bond donors (Lipinski definition) is 1. The second-order valence-corrected chi connectivity index (χ2v) is 5.43. The predicted octanol–water partition coefficient (Wildman–Crippen LogP) is 4.17. The summed E-state index contributed by atoms with van der Waals surface area (Å²) in [5, 5.41) is 0. The van der Waals surface area contributed by atoms with Crippen LogP contribution in [-0.2, 0) is 0 Å². The number of ether oxygens (including phenoxy) is 1. The van der Waals surface area contributed by atoms with Gasteiger partial charge in [-0.2, -0.15) is 0 Å². The molecular weight excluding hydrogens is 246 g/mol. The normalized spacial score (nSPS) is 16.9. The standard InChI is InChI=1S/C18H25NO/c1-2-12-20-18-10-8-15(9-11-18)13-17(14-19)16-6-4-3-5-7-16/h2,8-11,13,16H,1,3-7,12,14,19H2/b17-13-. The second-order valence-electron chi connectivity index (χ2n) is 5.43. The van der Waals surface area contributed by atoms with Crippen molar-refractivity contribution in [3.63, 3.8) is 0 Å². The summed E-state index contributed by atoms with van der Waals surface area (Å²) >= 11 is 0. The summed E-state index contributed by atoms with van der Waals surface area (Å²) in [6.45, 7) is 4.86. The Morgan fingerprint density at radius 1 is 1.20 bits per heavy atom. The Kier molecular flexibility index (Phi) is 5.87. The van der Waals surface area contributed by atoms with Crippen molar-refractivity contribution in [3.05, 3.63) is 48.1 Å². The highest BCUT2D eigenvalue weighted by Gasteiger charge is 2.16. The van der Waals surface area contributed by atoms with Crippen LogP contribution in [0.5, 0.6) is 5.75 Å². The monoisotopic (exact) mass is 271 g/mol. The maximum Gasteiger partial charge on any atom is 0.119 e. The van der Waals surface area contributed by atoms with E-state index in [4.69, 9.17) is 10.5 Å². The fourth-order valence-corrected chi connectivity index (χ4v) is 2.85. The summed E-state index contributed by atoms with van der Waals surface area (Å²) in [4.78, 5) is 0. The lowest BCUT2D eigenvalue weighted by atomic mass is 9.83. The Bertz CT molecular complexity index is 441. The number of nitrogens with two attached hydrogens (primary N) is 1. The van der Waals surface area contributed by atoms with Crippen LogP contribution < -0.4 is 10.5 Å². The molecule has 0 bridgehead atoms. The van der Waals surface area contributed by atoms with Crippen LogP contribution in [0.4, 0.5) is 0 Å². The number of hydrogen-bond acceptors (Lipinski definition) is 2. The minimum Gasteiger partial charge on any atom is -0.490 e. The van der Waals surface area contributed by atoms with Gasteiger partial charge in [0.15, 0.2) is 0 Å². The van der Waals surface area contributed by atoms with E-state index in [1.165, 1.54) is 43.2 Å². The lowest BCUT2D eigenvalue weighted by Gasteiger charge is -2.24. The van der Waals surface area contributed by atoms with Gasteiger partial charge in [-0.05, 0) is 36.5 Å². The molecule has 0 heterocycles. The van der Waals surface area contributed by atoms with E-state index in [0.717, 1.165) is 5.75 Å². The van der Waals surface area contributed by atoms with Crippen molar-refractivity contribution in [2.45, 2.75) is 32.1 Å². The van der Waals surface area contributed by atoms with Crippen molar-refractivity contribution in [3.8, 4) is 5.75 Å². The molecule has 1 aromatic rings. The minimum absolute atomic E-state index is 0.547. The molecular formula is C18H25NO. The molecule has 0 unspecified atom stereocenters. The van der Waals surface area contributed by atoms with E-state index in [0.29, 0.717) is 19.1 Å². The molecule has 0 atom stereocenters. The smallest absolute Gasteiger partial charge is 0.119 e. The Morgan fingerprint density at radius 3 is 2.50 bits per heavy atom. The highest BCUT2D eigenvalue weighted by Crippen LogP contribution is 2.30. The van der Waals surface area contributed by atoms with E-state index >= 15 is 0 Å². The summed E-state index contributed by atoms with van der Waals surface area (Å²) in [5.74, 6) is 1.57. The van der Waals surface area contributed by atoms with Crippen molar-refractivity contribution in [2.24, 2.45) is 11.7 Å². The van der Waals surface area contributed by atoms with Crippen LogP contribution in [0.2, 0.25) is 0 Å². The van der Waals surface area contributed by atoms with Crippen molar-refractivity contribution in [2.75, 3.05) is 13.2 Å². The molecule has 2 heteroatoms. The zero-order valence-electron chi connectivity index (χ0n) is 12.2. The molecule has 1 fully saturated rings. The summed E-state index contributed by atoms with van der Waals surface area (Å²) in [5.41, 5.74) is 8.55. The van der Waals surface area contributed by atoms with Crippen LogP contribution in [0.15, 0.2) is 42.5 Å². The fourth-order valence-electron chi connectivity index (χ4n) is 2.85. The van der Waals surface area contributed by atoms with E-state index in [9.17, 15) is 0 Å². The first-order valence-electron chi connectivity index (χ1n) is 7.57. The zero-order chi connectivity index (χ0) is 14.2. The van der Waals surface area contributed by atoms with Gasteiger partial charge in [0.05, 0.1) is 0 Å². The van der Waals surface area contributed by atoms with Crippen LogP contribution in [0.3, 0.4) is 0 Å². The molecule has 0 saturated heterocycles. The molecule has 0 aromatic heterocycles. The third kappa shape index (κ3) is 4.24. The van der Waals surface area contributed by atoms with Gasteiger partial charge in [-0.25, -0.2) is 0 Å².